The number of hydrogen-bond donors (Lipinski definition) is 1. The highest BCUT2D eigenvalue weighted by Gasteiger charge is 2.15. The van der Waals surface area contributed by atoms with E-state index in [0.29, 0.717) is 6.54 Å². The Hall–Kier alpha value is -1.69. The molecule has 0 aliphatic carbocycles. The molecule has 0 aliphatic heterocycles. The van der Waals surface area contributed by atoms with Crippen molar-refractivity contribution in [1.82, 2.24) is 24.5 Å². The van der Waals surface area contributed by atoms with Crippen molar-refractivity contribution in [1.29, 1.82) is 0 Å². The van der Waals surface area contributed by atoms with Crippen molar-refractivity contribution in [2.75, 3.05) is 0 Å². The van der Waals surface area contributed by atoms with Gasteiger partial charge in [-0.1, -0.05) is 13.8 Å². The third-order valence-corrected chi connectivity index (χ3v) is 3.17. The van der Waals surface area contributed by atoms with E-state index in [9.17, 15) is 5.11 Å². The zero-order valence-corrected chi connectivity index (χ0v) is 11.1. The van der Waals surface area contributed by atoms with Crippen LogP contribution in [0.1, 0.15) is 36.6 Å². The molecule has 0 fully saturated rings. The molecule has 6 nitrogen and oxygen atoms in total. The predicted octanol–water partition coefficient (Wildman–Crippen LogP) is 0.677. The van der Waals surface area contributed by atoms with Crippen molar-refractivity contribution < 1.29 is 5.11 Å². The average molecular weight is 249 g/mol. The number of hydrogen-bond acceptors (Lipinski definition) is 4. The minimum absolute atomic E-state index is 0.0468. The van der Waals surface area contributed by atoms with Gasteiger partial charge >= 0.3 is 0 Å². The fraction of sp³-hybridized carbons (Fsp3) is 0.583. The first-order valence-electron chi connectivity index (χ1n) is 6.22. The number of aromatic nitrogens is 5. The summed E-state index contributed by atoms with van der Waals surface area (Å²) >= 11 is 0. The molecule has 0 aliphatic rings. The molecular weight excluding hydrogens is 230 g/mol. The summed E-state index contributed by atoms with van der Waals surface area (Å²) in [4.78, 5) is 4.21. The Morgan fingerprint density at radius 2 is 2.06 bits per heavy atom. The van der Waals surface area contributed by atoms with Gasteiger partial charge in [0.2, 0.25) is 0 Å². The summed E-state index contributed by atoms with van der Waals surface area (Å²) < 4.78 is 3.67. The molecule has 0 atom stereocenters. The predicted molar refractivity (Wildman–Crippen MR) is 67.0 cm³/mol. The number of nitrogens with zero attached hydrogens (tertiary/aromatic N) is 5. The molecule has 2 rings (SSSR count). The van der Waals surface area contributed by atoms with Gasteiger partial charge in [0.1, 0.15) is 18.7 Å². The second-order valence-corrected chi connectivity index (χ2v) is 4.19. The lowest BCUT2D eigenvalue weighted by molar-refractivity contribution is 0.279. The second kappa shape index (κ2) is 5.30. The summed E-state index contributed by atoms with van der Waals surface area (Å²) in [6.07, 6.45) is 3.22. The highest BCUT2D eigenvalue weighted by Crippen LogP contribution is 2.17. The zero-order chi connectivity index (χ0) is 13.1. The minimum Gasteiger partial charge on any atom is -0.392 e. The first kappa shape index (κ1) is 12.8. The van der Waals surface area contributed by atoms with E-state index in [0.717, 1.165) is 35.6 Å². The summed E-state index contributed by atoms with van der Waals surface area (Å²) in [5, 5.41) is 18.1. The molecule has 0 unspecified atom stereocenters. The van der Waals surface area contributed by atoms with E-state index in [1.54, 1.807) is 4.68 Å². The van der Waals surface area contributed by atoms with E-state index >= 15 is 0 Å². The summed E-state index contributed by atoms with van der Waals surface area (Å²) in [5.41, 5.74) is 3.01. The maximum absolute atomic E-state index is 9.47. The van der Waals surface area contributed by atoms with Crippen molar-refractivity contribution >= 4 is 0 Å². The standard InChI is InChI=1S/C12H19N5O/c1-4-10-9(7-18)11(5-2)17(15-10)6-12-13-8-14-16(12)3/h8,18H,4-7H2,1-3H3. The zero-order valence-electron chi connectivity index (χ0n) is 11.1. The lowest BCUT2D eigenvalue weighted by atomic mass is 10.1. The lowest BCUT2D eigenvalue weighted by Gasteiger charge is -2.06. The highest BCUT2D eigenvalue weighted by atomic mass is 16.3. The van der Waals surface area contributed by atoms with Gasteiger partial charge in [0.15, 0.2) is 0 Å². The smallest absolute Gasteiger partial charge is 0.148 e. The topological polar surface area (TPSA) is 68.8 Å². The summed E-state index contributed by atoms with van der Waals surface area (Å²) in [7, 11) is 1.87. The van der Waals surface area contributed by atoms with E-state index in [1.165, 1.54) is 6.33 Å². The Bertz CT molecular complexity index is 529. The minimum atomic E-state index is 0.0468. The Morgan fingerprint density at radius 1 is 1.28 bits per heavy atom. The molecular formula is C12H19N5O. The van der Waals surface area contributed by atoms with Gasteiger partial charge in [0.25, 0.3) is 0 Å². The first-order chi connectivity index (χ1) is 8.71. The fourth-order valence-electron chi connectivity index (χ4n) is 2.18. The molecule has 0 radical (unpaired) electrons. The Balaban J connectivity index is 2.38. The van der Waals surface area contributed by atoms with Crippen LogP contribution in [0.2, 0.25) is 0 Å². The molecule has 0 bridgehead atoms. The van der Waals surface area contributed by atoms with Gasteiger partial charge in [-0.3, -0.25) is 9.36 Å². The van der Waals surface area contributed by atoms with Crippen LogP contribution in [0.3, 0.4) is 0 Å². The second-order valence-electron chi connectivity index (χ2n) is 4.19. The third-order valence-electron chi connectivity index (χ3n) is 3.17. The van der Waals surface area contributed by atoms with Crippen molar-refractivity contribution in [3.63, 3.8) is 0 Å². The van der Waals surface area contributed by atoms with Crippen molar-refractivity contribution in [2.45, 2.75) is 39.8 Å². The molecule has 2 aromatic heterocycles. The molecule has 2 aromatic rings. The summed E-state index contributed by atoms with van der Waals surface area (Å²) in [6.45, 7) is 4.76. The van der Waals surface area contributed by atoms with E-state index in [1.807, 2.05) is 18.7 Å². The van der Waals surface area contributed by atoms with Gasteiger partial charge in [-0.2, -0.15) is 10.2 Å². The van der Waals surface area contributed by atoms with E-state index < -0.39 is 0 Å². The number of aliphatic hydroxyl groups excluding tert-OH is 1. The maximum atomic E-state index is 9.47. The van der Waals surface area contributed by atoms with Crippen LogP contribution in [0.5, 0.6) is 0 Å². The fourth-order valence-corrected chi connectivity index (χ4v) is 2.18. The molecule has 2 heterocycles. The third kappa shape index (κ3) is 2.15. The summed E-state index contributed by atoms with van der Waals surface area (Å²) in [6, 6.07) is 0. The molecule has 18 heavy (non-hydrogen) atoms. The SMILES string of the molecule is CCc1nn(Cc2ncnn2C)c(CC)c1CO. The Morgan fingerprint density at radius 3 is 2.56 bits per heavy atom. The van der Waals surface area contributed by atoms with Gasteiger partial charge in [0, 0.05) is 18.3 Å². The van der Waals surface area contributed by atoms with Crippen LogP contribution in [-0.2, 0) is 33.0 Å². The first-order valence-corrected chi connectivity index (χ1v) is 6.22. The van der Waals surface area contributed by atoms with Crippen molar-refractivity contribution in [2.24, 2.45) is 7.05 Å². The Kier molecular flexibility index (Phi) is 3.76. The van der Waals surface area contributed by atoms with Gasteiger partial charge in [-0.25, -0.2) is 4.98 Å². The largest absolute Gasteiger partial charge is 0.392 e. The molecule has 0 amide bonds. The molecule has 98 valence electrons. The molecule has 6 heteroatoms. The molecule has 1 N–H and O–H groups in total. The van der Waals surface area contributed by atoms with Gasteiger partial charge < -0.3 is 5.11 Å². The van der Waals surface area contributed by atoms with E-state index in [-0.39, 0.29) is 6.61 Å². The van der Waals surface area contributed by atoms with Crippen molar-refractivity contribution in [3.8, 4) is 0 Å². The van der Waals surface area contributed by atoms with E-state index in [2.05, 4.69) is 22.1 Å². The molecule has 0 saturated heterocycles. The monoisotopic (exact) mass is 249 g/mol. The van der Waals surface area contributed by atoms with Gasteiger partial charge in [-0.05, 0) is 12.8 Å². The van der Waals surface area contributed by atoms with Crippen LogP contribution in [-0.4, -0.2) is 29.7 Å². The molecule has 0 spiro atoms. The lowest BCUT2D eigenvalue weighted by Crippen LogP contribution is -2.11. The van der Waals surface area contributed by atoms with E-state index in [4.69, 9.17) is 0 Å². The van der Waals surface area contributed by atoms with Gasteiger partial charge in [-0.15, -0.1) is 0 Å². The molecule has 0 aromatic carbocycles. The van der Waals surface area contributed by atoms with Crippen LogP contribution in [0.15, 0.2) is 6.33 Å². The quantitative estimate of drug-likeness (QED) is 0.846. The number of aliphatic hydroxyl groups is 1. The van der Waals surface area contributed by atoms with Crippen molar-refractivity contribution in [3.05, 3.63) is 29.1 Å². The maximum Gasteiger partial charge on any atom is 0.148 e. The van der Waals surface area contributed by atoms with Crippen LogP contribution in [0.25, 0.3) is 0 Å². The number of rotatable bonds is 5. The van der Waals surface area contributed by atoms with Crippen LogP contribution in [0, 0.1) is 0 Å². The normalized spacial score (nSPS) is 11.1. The van der Waals surface area contributed by atoms with Crippen LogP contribution >= 0.6 is 0 Å². The molecule has 0 saturated carbocycles. The highest BCUT2D eigenvalue weighted by molar-refractivity contribution is 5.26. The summed E-state index contributed by atoms with van der Waals surface area (Å²) in [5.74, 6) is 0.861. The number of aryl methyl sites for hydroxylation is 2. The van der Waals surface area contributed by atoms with Gasteiger partial charge in [0.05, 0.1) is 12.3 Å². The average Bonchev–Trinajstić information content (AvgIpc) is 2.93. The Labute approximate surface area is 106 Å². The van der Waals surface area contributed by atoms with Crippen LogP contribution in [0.4, 0.5) is 0 Å². The van der Waals surface area contributed by atoms with Crippen LogP contribution < -0.4 is 0 Å².